The van der Waals surface area contributed by atoms with E-state index in [4.69, 9.17) is 4.74 Å². The van der Waals surface area contributed by atoms with Crippen molar-refractivity contribution >= 4 is 23.4 Å². The molecule has 0 aromatic carbocycles. The summed E-state index contributed by atoms with van der Waals surface area (Å²) in [6.07, 6.45) is 1.28. The van der Waals surface area contributed by atoms with Gasteiger partial charge in [0.2, 0.25) is 0 Å². The lowest BCUT2D eigenvalue weighted by Gasteiger charge is -2.05. The van der Waals surface area contributed by atoms with E-state index in [9.17, 15) is 19.7 Å². The number of nitrogens with zero attached hydrogens (tertiary/aromatic N) is 4. The van der Waals surface area contributed by atoms with Gasteiger partial charge in [-0.3, -0.25) is 24.4 Å². The predicted molar refractivity (Wildman–Crippen MR) is 74.4 cm³/mol. The summed E-state index contributed by atoms with van der Waals surface area (Å²) in [6, 6.07) is 1.43. The molecular formula is C12H13N5O6. The van der Waals surface area contributed by atoms with Gasteiger partial charge in [0.05, 0.1) is 4.92 Å². The van der Waals surface area contributed by atoms with Crippen LogP contribution >= 0.6 is 0 Å². The van der Waals surface area contributed by atoms with Crippen molar-refractivity contribution < 1.29 is 23.8 Å². The zero-order valence-corrected chi connectivity index (χ0v) is 12.3. The lowest BCUT2D eigenvalue weighted by molar-refractivity contribution is -0.386. The van der Waals surface area contributed by atoms with Gasteiger partial charge in [-0.15, -0.1) is 0 Å². The summed E-state index contributed by atoms with van der Waals surface area (Å²) in [4.78, 5) is 33.5. The quantitative estimate of drug-likeness (QED) is 0.462. The van der Waals surface area contributed by atoms with Crippen molar-refractivity contribution in [2.24, 2.45) is 0 Å². The van der Waals surface area contributed by atoms with Crippen LogP contribution in [-0.4, -0.2) is 38.3 Å². The molecular weight excluding hydrogens is 310 g/mol. The van der Waals surface area contributed by atoms with Gasteiger partial charge in [-0.05, 0) is 13.8 Å². The van der Waals surface area contributed by atoms with Crippen LogP contribution in [0, 0.1) is 24.0 Å². The SMILES string of the molecule is Cc1nn(CC(=O)OCC(=O)Nc2ccon2)c(C)c1[N+](=O)[O-]. The van der Waals surface area contributed by atoms with Gasteiger partial charge in [-0.1, -0.05) is 5.16 Å². The monoisotopic (exact) mass is 323 g/mol. The first-order valence-electron chi connectivity index (χ1n) is 6.42. The molecule has 2 aromatic heterocycles. The van der Waals surface area contributed by atoms with Crippen LogP contribution in [0.4, 0.5) is 11.5 Å². The van der Waals surface area contributed by atoms with Crippen LogP contribution in [-0.2, 0) is 20.9 Å². The minimum atomic E-state index is -0.749. The van der Waals surface area contributed by atoms with Gasteiger partial charge >= 0.3 is 11.7 Å². The van der Waals surface area contributed by atoms with E-state index in [0.717, 1.165) is 4.68 Å². The van der Waals surface area contributed by atoms with Crippen LogP contribution in [0.1, 0.15) is 11.4 Å². The van der Waals surface area contributed by atoms with E-state index in [1.807, 2.05) is 0 Å². The second-order valence-corrected chi connectivity index (χ2v) is 4.53. The van der Waals surface area contributed by atoms with E-state index in [1.54, 1.807) is 0 Å². The molecule has 11 heteroatoms. The number of amides is 1. The second kappa shape index (κ2) is 6.68. The van der Waals surface area contributed by atoms with Gasteiger partial charge in [0.25, 0.3) is 5.91 Å². The Morgan fingerprint density at radius 1 is 1.48 bits per heavy atom. The Morgan fingerprint density at radius 3 is 2.78 bits per heavy atom. The highest BCUT2D eigenvalue weighted by atomic mass is 16.6. The van der Waals surface area contributed by atoms with Crippen molar-refractivity contribution in [1.82, 2.24) is 14.9 Å². The van der Waals surface area contributed by atoms with Crippen LogP contribution in [0.15, 0.2) is 16.9 Å². The maximum Gasteiger partial charge on any atom is 0.328 e. The zero-order chi connectivity index (χ0) is 17.0. The molecule has 0 atom stereocenters. The van der Waals surface area contributed by atoms with Crippen LogP contribution < -0.4 is 5.32 Å². The zero-order valence-electron chi connectivity index (χ0n) is 12.3. The molecule has 23 heavy (non-hydrogen) atoms. The van der Waals surface area contributed by atoms with E-state index in [1.165, 1.54) is 26.2 Å². The third kappa shape index (κ3) is 3.90. The fraction of sp³-hybridized carbons (Fsp3) is 0.333. The standard InChI is InChI=1S/C12H13N5O6/c1-7-12(17(20)21)8(2)16(14-7)5-11(19)22-6-10(18)13-9-3-4-23-15-9/h3-4H,5-6H2,1-2H3,(H,13,15,18). The van der Waals surface area contributed by atoms with Gasteiger partial charge < -0.3 is 14.6 Å². The highest BCUT2D eigenvalue weighted by Crippen LogP contribution is 2.21. The second-order valence-electron chi connectivity index (χ2n) is 4.53. The molecule has 1 N–H and O–H groups in total. The molecule has 2 heterocycles. The minimum Gasteiger partial charge on any atom is -0.454 e. The molecule has 122 valence electrons. The molecule has 2 rings (SSSR count). The van der Waals surface area contributed by atoms with E-state index in [0.29, 0.717) is 0 Å². The molecule has 11 nitrogen and oxygen atoms in total. The van der Waals surface area contributed by atoms with Gasteiger partial charge in [0.1, 0.15) is 24.2 Å². The van der Waals surface area contributed by atoms with Gasteiger partial charge in [0, 0.05) is 6.07 Å². The van der Waals surface area contributed by atoms with Crippen LogP contribution in [0.2, 0.25) is 0 Å². The van der Waals surface area contributed by atoms with Crippen molar-refractivity contribution in [2.75, 3.05) is 11.9 Å². The van der Waals surface area contributed by atoms with E-state index >= 15 is 0 Å². The number of ether oxygens (including phenoxy) is 1. The summed E-state index contributed by atoms with van der Waals surface area (Å²) in [6.45, 7) is 2.09. The third-order valence-electron chi connectivity index (χ3n) is 2.87. The molecule has 1 amide bonds. The summed E-state index contributed by atoms with van der Waals surface area (Å²) in [7, 11) is 0. The van der Waals surface area contributed by atoms with Gasteiger partial charge in [0.15, 0.2) is 12.4 Å². The molecule has 0 fully saturated rings. The van der Waals surface area contributed by atoms with Crippen molar-refractivity contribution in [3.8, 4) is 0 Å². The number of aryl methyl sites for hydroxylation is 1. The Kier molecular flexibility index (Phi) is 4.69. The number of nitrogens with one attached hydrogen (secondary N) is 1. The average molecular weight is 323 g/mol. The van der Waals surface area contributed by atoms with Gasteiger partial charge in [-0.2, -0.15) is 5.10 Å². The number of esters is 1. The summed E-state index contributed by atoms with van der Waals surface area (Å²) in [5.74, 6) is -1.15. The third-order valence-corrected chi connectivity index (χ3v) is 2.87. The molecule has 0 spiro atoms. The molecule has 0 aliphatic carbocycles. The Balaban J connectivity index is 1.89. The summed E-state index contributed by atoms with van der Waals surface area (Å²) in [5, 5.41) is 20.6. The summed E-state index contributed by atoms with van der Waals surface area (Å²) in [5.41, 5.74) is 0.280. The maximum absolute atomic E-state index is 11.7. The predicted octanol–water partition coefficient (Wildman–Crippen LogP) is 0.578. The summed E-state index contributed by atoms with van der Waals surface area (Å²) >= 11 is 0. The van der Waals surface area contributed by atoms with Crippen molar-refractivity contribution in [3.63, 3.8) is 0 Å². The topological polar surface area (TPSA) is 142 Å². The number of nitro groups is 1. The molecule has 0 bridgehead atoms. The van der Waals surface area contributed by atoms with Crippen LogP contribution in [0.5, 0.6) is 0 Å². The van der Waals surface area contributed by atoms with E-state index < -0.39 is 23.4 Å². The highest BCUT2D eigenvalue weighted by Gasteiger charge is 2.23. The fourth-order valence-electron chi connectivity index (χ4n) is 1.88. The number of anilines is 1. The van der Waals surface area contributed by atoms with Crippen LogP contribution in [0.3, 0.4) is 0 Å². The Bertz CT molecular complexity index is 735. The smallest absolute Gasteiger partial charge is 0.328 e. The van der Waals surface area contributed by atoms with Crippen molar-refractivity contribution in [3.05, 3.63) is 33.8 Å². The lowest BCUT2D eigenvalue weighted by Crippen LogP contribution is -2.23. The largest absolute Gasteiger partial charge is 0.454 e. The molecule has 2 aromatic rings. The molecule has 0 saturated carbocycles. The lowest BCUT2D eigenvalue weighted by atomic mass is 10.3. The first kappa shape index (κ1) is 16.1. The number of rotatable bonds is 6. The Labute approximate surface area is 129 Å². The molecule has 0 aliphatic heterocycles. The van der Waals surface area contributed by atoms with E-state index in [2.05, 4.69) is 20.1 Å². The molecule has 0 aliphatic rings. The number of aromatic nitrogens is 3. The van der Waals surface area contributed by atoms with Crippen LogP contribution in [0.25, 0.3) is 0 Å². The number of carbonyl (C=O) groups excluding carboxylic acids is 2. The summed E-state index contributed by atoms with van der Waals surface area (Å²) < 4.78 is 10.5. The first-order chi connectivity index (χ1) is 10.9. The molecule has 0 radical (unpaired) electrons. The number of carbonyl (C=O) groups is 2. The molecule has 0 saturated heterocycles. The van der Waals surface area contributed by atoms with Crippen molar-refractivity contribution in [1.29, 1.82) is 0 Å². The highest BCUT2D eigenvalue weighted by molar-refractivity contribution is 5.91. The molecule has 0 unspecified atom stereocenters. The fourth-order valence-corrected chi connectivity index (χ4v) is 1.88. The Hall–Kier alpha value is -3.24. The number of hydrogen-bond donors (Lipinski definition) is 1. The first-order valence-corrected chi connectivity index (χ1v) is 6.42. The van der Waals surface area contributed by atoms with Crippen molar-refractivity contribution in [2.45, 2.75) is 20.4 Å². The van der Waals surface area contributed by atoms with E-state index in [-0.39, 0.29) is 29.4 Å². The normalized spacial score (nSPS) is 10.3. The average Bonchev–Trinajstić information content (AvgIpc) is 3.05. The number of hydrogen-bond acceptors (Lipinski definition) is 8. The minimum absolute atomic E-state index is 0.151. The maximum atomic E-state index is 11.7. The van der Waals surface area contributed by atoms with Gasteiger partial charge in [-0.25, -0.2) is 0 Å². The Morgan fingerprint density at radius 2 is 2.22 bits per heavy atom.